The van der Waals surface area contributed by atoms with Gasteiger partial charge in [0.1, 0.15) is 0 Å². The van der Waals surface area contributed by atoms with Crippen LogP contribution in [0, 0.1) is 0 Å². The monoisotopic (exact) mass is 274 g/mol. The third-order valence-corrected chi connectivity index (χ3v) is 4.84. The summed E-state index contributed by atoms with van der Waals surface area (Å²) in [5.41, 5.74) is -0.0770. The highest BCUT2D eigenvalue weighted by molar-refractivity contribution is 4.98. The van der Waals surface area contributed by atoms with Crippen LogP contribution in [-0.2, 0) is 0 Å². The highest BCUT2D eigenvalue weighted by Gasteiger charge is 2.47. The third kappa shape index (κ3) is 3.66. The van der Waals surface area contributed by atoms with E-state index in [0.29, 0.717) is 6.42 Å². The van der Waals surface area contributed by atoms with E-state index in [0.717, 1.165) is 19.4 Å². The Kier molecular flexibility index (Phi) is 4.51. The molecule has 1 atom stereocenters. The molecule has 0 spiro atoms. The highest BCUT2D eigenvalue weighted by Crippen LogP contribution is 2.34. The van der Waals surface area contributed by atoms with Crippen LogP contribution in [0.1, 0.15) is 59.3 Å². The van der Waals surface area contributed by atoms with Gasteiger partial charge in [-0.2, -0.15) is 0 Å². The Morgan fingerprint density at radius 1 is 1.16 bits per heavy atom. The molecule has 0 amide bonds. The summed E-state index contributed by atoms with van der Waals surface area (Å²) in [6.45, 7) is 6.79. The molecule has 1 heterocycles. The lowest BCUT2D eigenvalue weighted by Gasteiger charge is -2.45. The standard InChI is InChI=1S/C15H28F2N2/c1-12(2)19-10-7-13(15(16,17)11-19)18-14(3)8-5-4-6-9-14/h12-13,18H,4-11H2,1-3H3. The van der Waals surface area contributed by atoms with E-state index >= 15 is 0 Å². The number of nitrogens with zero attached hydrogens (tertiary/aromatic N) is 1. The molecule has 4 heteroatoms. The number of hydrogen-bond donors (Lipinski definition) is 1. The van der Waals surface area contributed by atoms with Crippen molar-refractivity contribution in [3.8, 4) is 0 Å². The first-order valence-electron chi connectivity index (χ1n) is 7.72. The molecule has 1 unspecified atom stereocenters. The Morgan fingerprint density at radius 2 is 1.79 bits per heavy atom. The van der Waals surface area contributed by atoms with Crippen LogP contribution in [0.25, 0.3) is 0 Å². The third-order valence-electron chi connectivity index (χ3n) is 4.84. The van der Waals surface area contributed by atoms with E-state index < -0.39 is 12.0 Å². The number of nitrogens with one attached hydrogen (secondary N) is 1. The summed E-state index contributed by atoms with van der Waals surface area (Å²) >= 11 is 0. The quantitative estimate of drug-likeness (QED) is 0.848. The Labute approximate surface area is 115 Å². The second-order valence-electron chi connectivity index (χ2n) is 6.93. The molecule has 2 nitrogen and oxygen atoms in total. The SMILES string of the molecule is CC(C)N1CCC(NC2(C)CCCCC2)C(F)(F)C1. The van der Waals surface area contributed by atoms with E-state index in [9.17, 15) is 8.78 Å². The molecule has 0 aromatic carbocycles. The molecule has 0 bridgehead atoms. The van der Waals surface area contributed by atoms with E-state index in [4.69, 9.17) is 0 Å². The average molecular weight is 274 g/mol. The number of likely N-dealkylation sites (tertiary alicyclic amines) is 1. The van der Waals surface area contributed by atoms with Crippen molar-refractivity contribution in [3.05, 3.63) is 0 Å². The molecule has 1 saturated heterocycles. The minimum Gasteiger partial charge on any atom is -0.303 e. The molecule has 1 aliphatic heterocycles. The van der Waals surface area contributed by atoms with Gasteiger partial charge in [0.25, 0.3) is 5.92 Å². The fraction of sp³-hybridized carbons (Fsp3) is 1.00. The maximum absolute atomic E-state index is 14.3. The van der Waals surface area contributed by atoms with Crippen molar-refractivity contribution in [1.29, 1.82) is 0 Å². The Bertz CT molecular complexity index is 299. The normalized spacial score (nSPS) is 31.6. The molecular weight excluding hydrogens is 246 g/mol. The van der Waals surface area contributed by atoms with Gasteiger partial charge in [-0.15, -0.1) is 0 Å². The van der Waals surface area contributed by atoms with E-state index in [-0.39, 0.29) is 18.1 Å². The molecule has 1 N–H and O–H groups in total. The lowest BCUT2D eigenvalue weighted by Crippen LogP contribution is -2.63. The number of alkyl halides is 2. The van der Waals surface area contributed by atoms with E-state index in [1.165, 1.54) is 19.3 Å². The van der Waals surface area contributed by atoms with E-state index in [1.807, 2.05) is 18.7 Å². The van der Waals surface area contributed by atoms with Crippen LogP contribution in [-0.4, -0.2) is 41.5 Å². The Morgan fingerprint density at radius 3 is 2.32 bits per heavy atom. The molecule has 0 aromatic heterocycles. The minimum atomic E-state index is -2.61. The molecule has 0 aromatic rings. The average Bonchev–Trinajstić information content (AvgIpc) is 2.32. The van der Waals surface area contributed by atoms with E-state index in [1.54, 1.807) is 0 Å². The largest absolute Gasteiger partial charge is 0.303 e. The van der Waals surface area contributed by atoms with Crippen molar-refractivity contribution in [3.63, 3.8) is 0 Å². The van der Waals surface area contributed by atoms with Crippen LogP contribution in [0.4, 0.5) is 8.78 Å². The first kappa shape index (κ1) is 15.2. The van der Waals surface area contributed by atoms with Crippen molar-refractivity contribution < 1.29 is 8.78 Å². The van der Waals surface area contributed by atoms with Gasteiger partial charge in [-0.1, -0.05) is 19.3 Å². The number of rotatable bonds is 3. The Hall–Kier alpha value is -0.220. The van der Waals surface area contributed by atoms with Gasteiger partial charge in [-0.3, -0.25) is 4.90 Å². The second-order valence-corrected chi connectivity index (χ2v) is 6.93. The predicted octanol–water partition coefficient (Wildman–Crippen LogP) is 3.42. The van der Waals surface area contributed by atoms with Crippen molar-refractivity contribution in [2.45, 2.75) is 82.8 Å². The maximum Gasteiger partial charge on any atom is 0.275 e. The zero-order chi connectivity index (χ0) is 14.1. The molecule has 0 radical (unpaired) electrons. The molecule has 1 saturated carbocycles. The molecule has 19 heavy (non-hydrogen) atoms. The summed E-state index contributed by atoms with van der Waals surface area (Å²) in [6.07, 6.45) is 6.21. The smallest absolute Gasteiger partial charge is 0.275 e. The van der Waals surface area contributed by atoms with Crippen LogP contribution in [0.3, 0.4) is 0 Å². The first-order chi connectivity index (χ1) is 8.82. The number of piperidine rings is 1. The molecule has 1 aliphatic carbocycles. The summed E-state index contributed by atoms with van der Waals surface area (Å²) in [7, 11) is 0. The van der Waals surface area contributed by atoms with Crippen LogP contribution in [0.5, 0.6) is 0 Å². The fourth-order valence-electron chi connectivity index (χ4n) is 3.48. The second kappa shape index (κ2) is 5.65. The predicted molar refractivity (Wildman–Crippen MR) is 74.7 cm³/mol. The van der Waals surface area contributed by atoms with Gasteiger partial charge in [0.15, 0.2) is 0 Å². The van der Waals surface area contributed by atoms with Crippen molar-refractivity contribution in [2.75, 3.05) is 13.1 Å². The summed E-state index contributed by atoms with van der Waals surface area (Å²) in [4.78, 5) is 1.89. The van der Waals surface area contributed by atoms with Crippen molar-refractivity contribution >= 4 is 0 Å². The number of halogens is 2. The lowest BCUT2D eigenvalue weighted by atomic mass is 9.81. The molecule has 2 aliphatic rings. The summed E-state index contributed by atoms with van der Waals surface area (Å²) < 4.78 is 28.6. The first-order valence-corrected chi connectivity index (χ1v) is 7.72. The van der Waals surface area contributed by atoms with Crippen molar-refractivity contribution in [1.82, 2.24) is 10.2 Å². The van der Waals surface area contributed by atoms with Crippen LogP contribution in [0.2, 0.25) is 0 Å². The van der Waals surface area contributed by atoms with Gasteiger partial charge in [0, 0.05) is 18.1 Å². The topological polar surface area (TPSA) is 15.3 Å². The van der Waals surface area contributed by atoms with Gasteiger partial charge in [0.05, 0.1) is 12.6 Å². The molecule has 112 valence electrons. The Balaban J connectivity index is 1.97. The molecule has 2 rings (SSSR count). The minimum absolute atomic E-state index is 0.0770. The van der Waals surface area contributed by atoms with Gasteiger partial charge in [-0.25, -0.2) is 8.78 Å². The van der Waals surface area contributed by atoms with Gasteiger partial charge >= 0.3 is 0 Å². The molecule has 2 fully saturated rings. The zero-order valence-electron chi connectivity index (χ0n) is 12.5. The van der Waals surface area contributed by atoms with Gasteiger partial charge in [-0.05, 0) is 40.0 Å². The van der Waals surface area contributed by atoms with Crippen LogP contribution < -0.4 is 5.32 Å². The van der Waals surface area contributed by atoms with Gasteiger partial charge < -0.3 is 5.32 Å². The van der Waals surface area contributed by atoms with E-state index in [2.05, 4.69) is 12.2 Å². The fourth-order valence-corrected chi connectivity index (χ4v) is 3.48. The highest BCUT2D eigenvalue weighted by atomic mass is 19.3. The number of hydrogen-bond acceptors (Lipinski definition) is 2. The van der Waals surface area contributed by atoms with Crippen molar-refractivity contribution in [2.24, 2.45) is 0 Å². The van der Waals surface area contributed by atoms with Gasteiger partial charge in [0.2, 0.25) is 0 Å². The summed E-state index contributed by atoms with van der Waals surface area (Å²) in [5, 5.41) is 3.31. The lowest BCUT2D eigenvalue weighted by molar-refractivity contribution is -0.105. The van der Waals surface area contributed by atoms with Crippen LogP contribution >= 0.6 is 0 Å². The maximum atomic E-state index is 14.3. The summed E-state index contributed by atoms with van der Waals surface area (Å²) in [6, 6.07) is -0.442. The molecular formula is C15H28F2N2. The van der Waals surface area contributed by atoms with Crippen LogP contribution in [0.15, 0.2) is 0 Å². The zero-order valence-corrected chi connectivity index (χ0v) is 12.5. The summed E-state index contributed by atoms with van der Waals surface area (Å²) in [5.74, 6) is -2.61.